The molecule has 2 aromatic rings. The van der Waals surface area contributed by atoms with Gasteiger partial charge in [0.2, 0.25) is 5.60 Å². The van der Waals surface area contributed by atoms with E-state index in [1.165, 1.54) is 17.7 Å². The first kappa shape index (κ1) is 12.8. The minimum Gasteiger partial charge on any atom is -0.386 e. The average Bonchev–Trinajstić information content (AvgIpc) is 2.82. The lowest BCUT2D eigenvalue weighted by molar-refractivity contribution is -0.0406. The van der Waals surface area contributed by atoms with Crippen molar-refractivity contribution in [2.45, 2.75) is 29.6 Å². The summed E-state index contributed by atoms with van der Waals surface area (Å²) in [5.74, 6) is 0.267. The van der Waals surface area contributed by atoms with Gasteiger partial charge in [-0.3, -0.25) is 0 Å². The molecule has 1 saturated heterocycles. The fraction of sp³-hybridized carbons (Fsp3) is 0.417. The molecule has 0 aromatic carbocycles. The van der Waals surface area contributed by atoms with Crippen LogP contribution in [0.2, 0.25) is 0 Å². The van der Waals surface area contributed by atoms with Crippen molar-refractivity contribution in [1.82, 2.24) is 9.97 Å². The Morgan fingerprint density at radius 3 is 2.95 bits per heavy atom. The number of hydrogen-bond acceptors (Lipinski definition) is 8. The van der Waals surface area contributed by atoms with Crippen molar-refractivity contribution in [2.24, 2.45) is 0 Å². The highest BCUT2D eigenvalue weighted by Gasteiger charge is 2.89. The third-order valence-electron chi connectivity index (χ3n) is 4.19. The van der Waals surface area contributed by atoms with E-state index < -0.39 is 29.6 Å². The molecule has 1 aliphatic heterocycles. The second-order valence-electron chi connectivity index (χ2n) is 5.14. The molecule has 2 aromatic heterocycles. The molecule has 0 bridgehead atoms. The Bertz CT molecular complexity index is 807. The number of nitriles is 1. The number of nitrogens with two attached hydrogens (primary N) is 1. The van der Waals surface area contributed by atoms with E-state index in [0.29, 0.717) is 15.8 Å². The van der Waals surface area contributed by atoms with Gasteiger partial charge in [0.25, 0.3) is 0 Å². The summed E-state index contributed by atoms with van der Waals surface area (Å²) < 4.78 is 20.5. The number of nitrogens with zero attached hydrogens (tertiary/aromatic N) is 3. The average molecular weight is 308 g/mol. The van der Waals surface area contributed by atoms with Crippen molar-refractivity contribution in [2.75, 3.05) is 5.73 Å². The first-order valence-corrected chi connectivity index (χ1v) is 6.96. The van der Waals surface area contributed by atoms with Crippen LogP contribution in [-0.2, 0) is 4.74 Å². The highest BCUT2D eigenvalue weighted by atomic mass is 32.1. The minimum absolute atomic E-state index is 0.267. The highest BCUT2D eigenvalue weighted by molar-refractivity contribution is 7.17. The largest absolute Gasteiger partial charge is 0.386 e. The van der Waals surface area contributed by atoms with Gasteiger partial charge in [0, 0.05) is 5.56 Å². The number of hydrogen-bond donors (Lipinski definition) is 3. The van der Waals surface area contributed by atoms with Crippen LogP contribution in [-0.4, -0.2) is 43.7 Å². The van der Waals surface area contributed by atoms with Crippen LogP contribution in [0.25, 0.3) is 10.2 Å². The van der Waals surface area contributed by atoms with E-state index in [1.807, 2.05) is 0 Å². The molecule has 4 rings (SSSR count). The Morgan fingerprint density at radius 2 is 2.29 bits per heavy atom. The van der Waals surface area contributed by atoms with Crippen LogP contribution < -0.4 is 5.73 Å². The van der Waals surface area contributed by atoms with Crippen molar-refractivity contribution in [1.29, 1.82) is 5.26 Å². The Balaban J connectivity index is 1.82. The van der Waals surface area contributed by atoms with Crippen molar-refractivity contribution < 1.29 is 19.3 Å². The molecule has 5 atom stereocenters. The number of thiophene rings is 1. The molecule has 0 radical (unpaired) electrons. The number of aromatic nitrogens is 2. The van der Waals surface area contributed by atoms with Gasteiger partial charge in [-0.1, -0.05) is 0 Å². The first-order chi connectivity index (χ1) is 9.97. The lowest BCUT2D eigenvalue weighted by Gasteiger charge is -2.18. The lowest BCUT2D eigenvalue weighted by Crippen LogP contribution is -2.31. The SMILES string of the molecule is N#C[C@]12O[C@@H](c3csc4c(N)ncnc34)[C@H](F)[C@@]1(O)C2O. The van der Waals surface area contributed by atoms with Crippen LogP contribution in [0.1, 0.15) is 11.7 Å². The Labute approximate surface area is 121 Å². The molecular weight excluding hydrogens is 299 g/mol. The van der Waals surface area contributed by atoms with Gasteiger partial charge in [-0.05, 0) is 5.38 Å². The summed E-state index contributed by atoms with van der Waals surface area (Å²) in [4.78, 5) is 7.90. The minimum atomic E-state index is -2.20. The summed E-state index contributed by atoms with van der Waals surface area (Å²) in [5.41, 5.74) is 2.43. The predicted octanol–water partition coefficient (Wildman–Crippen LogP) is 0.0509. The number of halogens is 1. The van der Waals surface area contributed by atoms with E-state index in [4.69, 9.17) is 15.7 Å². The molecule has 7 nitrogen and oxygen atoms in total. The molecule has 2 aliphatic rings. The fourth-order valence-corrected chi connectivity index (χ4v) is 3.87. The second kappa shape index (κ2) is 3.66. The number of aliphatic hydroxyl groups is 2. The first-order valence-electron chi connectivity index (χ1n) is 6.08. The van der Waals surface area contributed by atoms with Crippen LogP contribution >= 0.6 is 11.3 Å². The quantitative estimate of drug-likeness (QED) is 0.679. The summed E-state index contributed by atoms with van der Waals surface area (Å²) in [7, 11) is 0. The smallest absolute Gasteiger partial charge is 0.218 e. The van der Waals surface area contributed by atoms with Crippen molar-refractivity contribution in [3.63, 3.8) is 0 Å². The second-order valence-corrected chi connectivity index (χ2v) is 6.02. The maximum absolute atomic E-state index is 14.5. The molecule has 108 valence electrons. The van der Waals surface area contributed by atoms with Gasteiger partial charge < -0.3 is 20.7 Å². The highest BCUT2D eigenvalue weighted by Crippen LogP contribution is 2.64. The van der Waals surface area contributed by atoms with Crippen molar-refractivity contribution >= 4 is 27.4 Å². The topological polar surface area (TPSA) is 125 Å². The standard InChI is InChI=1S/C12H9FN4O3S/c13-8-6(20-11(2-14)10(18)12(8,11)19)4-1-21-7-5(4)16-3-17-9(7)15/h1,3,6,8,10,18-19H,(H2,15,16,17)/t6-,8-,10?,11+,12+/m0/s1. The van der Waals surface area contributed by atoms with Crippen LogP contribution in [0, 0.1) is 11.3 Å². The zero-order chi connectivity index (χ0) is 15.0. The van der Waals surface area contributed by atoms with Gasteiger partial charge in [0.15, 0.2) is 11.8 Å². The van der Waals surface area contributed by atoms with Crippen molar-refractivity contribution in [3.8, 4) is 6.07 Å². The van der Waals surface area contributed by atoms with Gasteiger partial charge in [0.1, 0.15) is 30.4 Å². The van der Waals surface area contributed by atoms with Gasteiger partial charge in [-0.15, -0.1) is 11.3 Å². The molecule has 0 amide bonds. The number of anilines is 1. The molecule has 1 unspecified atom stereocenters. The molecule has 1 aliphatic carbocycles. The van der Waals surface area contributed by atoms with E-state index in [-0.39, 0.29) is 5.82 Å². The molecular formula is C12H9FN4O3S. The van der Waals surface area contributed by atoms with E-state index in [1.54, 1.807) is 11.4 Å². The molecule has 1 saturated carbocycles. The normalized spacial score (nSPS) is 41.0. The van der Waals surface area contributed by atoms with E-state index in [0.717, 1.165) is 0 Å². The number of rotatable bonds is 1. The zero-order valence-corrected chi connectivity index (χ0v) is 11.2. The summed E-state index contributed by atoms with van der Waals surface area (Å²) >= 11 is 1.23. The predicted molar refractivity (Wildman–Crippen MR) is 69.8 cm³/mol. The van der Waals surface area contributed by atoms with Gasteiger partial charge in [0.05, 0.1) is 10.2 Å². The number of aliphatic hydroxyl groups excluding tert-OH is 1. The summed E-state index contributed by atoms with van der Waals surface area (Å²) in [6.07, 6.45) is -3.41. The van der Waals surface area contributed by atoms with Crippen LogP contribution in [0.5, 0.6) is 0 Å². The molecule has 9 heteroatoms. The fourth-order valence-electron chi connectivity index (χ4n) is 2.93. The van der Waals surface area contributed by atoms with Crippen LogP contribution in [0.15, 0.2) is 11.7 Å². The maximum Gasteiger partial charge on any atom is 0.218 e. The number of ether oxygens (including phenoxy) is 1. The van der Waals surface area contributed by atoms with E-state index in [2.05, 4.69) is 9.97 Å². The molecule has 0 spiro atoms. The molecule has 3 heterocycles. The molecule has 4 N–H and O–H groups in total. The summed E-state index contributed by atoms with van der Waals surface area (Å²) in [6, 6.07) is 1.67. The van der Waals surface area contributed by atoms with E-state index >= 15 is 0 Å². The van der Waals surface area contributed by atoms with E-state index in [9.17, 15) is 14.6 Å². The molecule has 21 heavy (non-hydrogen) atoms. The summed E-state index contributed by atoms with van der Waals surface area (Å²) in [5, 5.41) is 30.4. The third-order valence-corrected chi connectivity index (χ3v) is 5.20. The monoisotopic (exact) mass is 308 g/mol. The lowest BCUT2D eigenvalue weighted by atomic mass is 10.0. The number of alkyl halides is 1. The molecule has 2 fully saturated rings. The van der Waals surface area contributed by atoms with Crippen molar-refractivity contribution in [3.05, 3.63) is 17.3 Å². The maximum atomic E-state index is 14.5. The number of fused-ring (bicyclic) bond motifs is 2. The van der Waals surface area contributed by atoms with Gasteiger partial charge in [-0.25, -0.2) is 14.4 Å². The van der Waals surface area contributed by atoms with Gasteiger partial charge in [-0.2, -0.15) is 5.26 Å². The summed E-state index contributed by atoms with van der Waals surface area (Å²) in [6.45, 7) is 0. The Morgan fingerprint density at radius 1 is 1.52 bits per heavy atom. The Hall–Kier alpha value is -1.86. The zero-order valence-electron chi connectivity index (χ0n) is 10.4. The third kappa shape index (κ3) is 1.22. The van der Waals surface area contributed by atoms with Crippen LogP contribution in [0.4, 0.5) is 10.2 Å². The number of nitrogen functional groups attached to an aromatic ring is 1. The van der Waals surface area contributed by atoms with Gasteiger partial charge >= 0.3 is 0 Å². The Kier molecular flexibility index (Phi) is 2.24. The van der Waals surface area contributed by atoms with Crippen LogP contribution in [0.3, 0.4) is 0 Å².